The number of carbonyl (C=O) groups is 1. The van der Waals surface area contributed by atoms with E-state index in [0.29, 0.717) is 12.1 Å². The first-order chi connectivity index (χ1) is 15.7. The van der Waals surface area contributed by atoms with Gasteiger partial charge < -0.3 is 9.64 Å². The third kappa shape index (κ3) is 5.23. The second-order valence-corrected chi connectivity index (χ2v) is 8.09. The molecule has 0 atom stereocenters. The molecular formula is C25H29N5O2. The van der Waals surface area contributed by atoms with Crippen LogP contribution in [0.15, 0.2) is 61.2 Å². The van der Waals surface area contributed by atoms with E-state index < -0.39 is 0 Å². The largest absolute Gasteiger partial charge is 0.497 e. The maximum atomic E-state index is 10.9. The average Bonchev–Trinajstić information content (AvgIpc) is 3.46. The highest BCUT2D eigenvalue weighted by Gasteiger charge is 2.08. The Balaban J connectivity index is 0.000000300. The van der Waals surface area contributed by atoms with Gasteiger partial charge in [0, 0.05) is 29.5 Å². The Morgan fingerprint density at radius 1 is 1.06 bits per heavy atom. The highest BCUT2D eigenvalue weighted by Crippen LogP contribution is 2.19. The molecule has 4 heterocycles. The number of carbonyl (C=O) groups excluding carboxylic acids is 1. The highest BCUT2D eigenvalue weighted by molar-refractivity contribution is 5.85. The first kappa shape index (κ1) is 21.8. The number of hydrogen-bond donors (Lipinski definition) is 0. The van der Waals surface area contributed by atoms with Crippen molar-refractivity contribution in [1.29, 1.82) is 0 Å². The van der Waals surface area contributed by atoms with Crippen LogP contribution < -0.4 is 4.74 Å². The number of piperidine rings is 1. The molecule has 4 aromatic rings. The van der Waals surface area contributed by atoms with E-state index in [2.05, 4.69) is 22.0 Å². The lowest BCUT2D eigenvalue weighted by Gasteiger charge is -2.20. The summed E-state index contributed by atoms with van der Waals surface area (Å²) in [7, 11) is 3.85. The number of benzene rings is 1. The number of methoxy groups -OCH3 is 1. The molecule has 0 bridgehead atoms. The smallest absolute Gasteiger partial charge is 0.151 e. The molecule has 1 saturated heterocycles. The zero-order chi connectivity index (χ0) is 22.3. The first-order valence-corrected chi connectivity index (χ1v) is 10.9. The minimum Gasteiger partial charge on any atom is -0.497 e. The number of likely N-dealkylation sites (tertiary alicyclic amines) is 1. The molecule has 5 rings (SSSR count). The molecule has 7 nitrogen and oxygen atoms in total. The van der Waals surface area contributed by atoms with Crippen molar-refractivity contribution in [2.24, 2.45) is 0 Å². The van der Waals surface area contributed by atoms with Gasteiger partial charge in [-0.15, -0.1) is 0 Å². The Kier molecular flexibility index (Phi) is 6.97. The van der Waals surface area contributed by atoms with Crippen LogP contribution in [0.25, 0.3) is 16.7 Å². The Labute approximate surface area is 188 Å². The summed E-state index contributed by atoms with van der Waals surface area (Å²) in [6.07, 6.45) is 12.4. The van der Waals surface area contributed by atoms with Gasteiger partial charge in [0.2, 0.25) is 0 Å². The highest BCUT2D eigenvalue weighted by atomic mass is 16.5. The number of aromatic nitrogens is 4. The van der Waals surface area contributed by atoms with Crippen molar-refractivity contribution in [1.82, 2.24) is 24.2 Å². The average molecular weight is 432 g/mol. The summed E-state index contributed by atoms with van der Waals surface area (Å²) >= 11 is 0. The number of hydrogen-bond acceptors (Lipinski definition) is 5. The van der Waals surface area contributed by atoms with Gasteiger partial charge in [-0.05, 0) is 62.8 Å². The quantitative estimate of drug-likeness (QED) is 0.443. The molecule has 0 N–H and O–H groups in total. The SMILES string of the molecule is CN1CCCCC1.COc1ccc(Cn2cc(-n3ccc4cc(C=O)cnc43)cn2)cc1. The van der Waals surface area contributed by atoms with Crippen LogP contribution in [0, 0.1) is 0 Å². The molecule has 1 aliphatic rings. The van der Waals surface area contributed by atoms with Gasteiger partial charge in [-0.25, -0.2) is 4.98 Å². The molecule has 0 saturated carbocycles. The number of ether oxygens (including phenoxy) is 1. The van der Waals surface area contributed by atoms with Crippen molar-refractivity contribution in [3.05, 3.63) is 72.3 Å². The van der Waals surface area contributed by atoms with Crippen molar-refractivity contribution in [2.45, 2.75) is 25.8 Å². The van der Waals surface area contributed by atoms with E-state index in [1.165, 1.54) is 32.4 Å². The molecule has 0 spiro atoms. The number of aldehydes is 1. The zero-order valence-electron chi connectivity index (χ0n) is 18.6. The van der Waals surface area contributed by atoms with E-state index in [-0.39, 0.29) is 0 Å². The van der Waals surface area contributed by atoms with Gasteiger partial charge in [0.1, 0.15) is 11.4 Å². The molecule has 166 valence electrons. The van der Waals surface area contributed by atoms with Gasteiger partial charge in [0.05, 0.1) is 25.5 Å². The summed E-state index contributed by atoms with van der Waals surface area (Å²) in [5.41, 5.74) is 3.44. The molecule has 0 amide bonds. The van der Waals surface area contributed by atoms with Crippen LogP contribution in [0.3, 0.4) is 0 Å². The number of nitrogens with zero attached hydrogens (tertiary/aromatic N) is 5. The summed E-state index contributed by atoms with van der Waals surface area (Å²) < 4.78 is 9.01. The van der Waals surface area contributed by atoms with Crippen molar-refractivity contribution in [3.8, 4) is 11.4 Å². The molecule has 1 aromatic carbocycles. The van der Waals surface area contributed by atoms with E-state index in [1.807, 2.05) is 58.0 Å². The van der Waals surface area contributed by atoms with Gasteiger partial charge >= 0.3 is 0 Å². The topological polar surface area (TPSA) is 65.2 Å². The van der Waals surface area contributed by atoms with Crippen molar-refractivity contribution >= 4 is 17.3 Å². The van der Waals surface area contributed by atoms with Crippen LogP contribution >= 0.6 is 0 Å². The lowest BCUT2D eigenvalue weighted by atomic mass is 10.1. The van der Waals surface area contributed by atoms with Crippen molar-refractivity contribution in [3.63, 3.8) is 0 Å². The molecule has 32 heavy (non-hydrogen) atoms. The molecule has 7 heteroatoms. The van der Waals surface area contributed by atoms with Crippen LogP contribution in [0.5, 0.6) is 5.75 Å². The van der Waals surface area contributed by atoms with Crippen LogP contribution in [0.1, 0.15) is 35.2 Å². The number of pyridine rings is 1. The summed E-state index contributed by atoms with van der Waals surface area (Å²) in [5.74, 6) is 0.837. The summed E-state index contributed by atoms with van der Waals surface area (Å²) in [5, 5.41) is 5.35. The second kappa shape index (κ2) is 10.2. The fourth-order valence-electron chi connectivity index (χ4n) is 3.85. The lowest BCUT2D eigenvalue weighted by molar-refractivity contribution is 0.112. The normalized spacial score (nSPS) is 14.1. The fraction of sp³-hybridized carbons (Fsp3) is 0.320. The van der Waals surface area contributed by atoms with Crippen molar-refractivity contribution in [2.75, 3.05) is 27.2 Å². The second-order valence-electron chi connectivity index (χ2n) is 8.09. The zero-order valence-corrected chi connectivity index (χ0v) is 18.6. The van der Waals surface area contributed by atoms with E-state index >= 15 is 0 Å². The standard InChI is InChI=1S/C19H16N4O2.C6H13N/c1-25-18-4-2-14(3-5-18)11-22-12-17(10-21-22)23-7-6-16-8-15(13-24)9-20-19(16)23;1-7-5-3-2-4-6-7/h2-10,12-13H,11H2,1H3;2-6H2,1H3. The van der Waals surface area contributed by atoms with Crippen molar-refractivity contribution < 1.29 is 9.53 Å². The summed E-state index contributed by atoms with van der Waals surface area (Å²) in [6.45, 7) is 3.31. The molecular weight excluding hydrogens is 402 g/mol. The predicted molar refractivity (Wildman–Crippen MR) is 126 cm³/mol. The fourth-order valence-corrected chi connectivity index (χ4v) is 3.85. The third-order valence-electron chi connectivity index (χ3n) is 5.66. The van der Waals surface area contributed by atoms with E-state index in [1.54, 1.807) is 19.5 Å². The molecule has 3 aromatic heterocycles. The summed E-state index contributed by atoms with van der Waals surface area (Å²) in [6, 6.07) is 11.7. The first-order valence-electron chi connectivity index (χ1n) is 10.9. The Morgan fingerprint density at radius 2 is 1.84 bits per heavy atom. The Morgan fingerprint density at radius 3 is 2.50 bits per heavy atom. The minimum atomic E-state index is 0.570. The van der Waals surface area contributed by atoms with Gasteiger partial charge in [0.25, 0.3) is 0 Å². The van der Waals surface area contributed by atoms with Gasteiger partial charge in [-0.2, -0.15) is 5.10 Å². The van der Waals surface area contributed by atoms with Crippen LogP contribution in [0.4, 0.5) is 0 Å². The lowest BCUT2D eigenvalue weighted by Crippen LogP contribution is -2.24. The van der Waals surface area contributed by atoms with Crippen LogP contribution in [-0.2, 0) is 6.54 Å². The molecule has 0 unspecified atom stereocenters. The van der Waals surface area contributed by atoms with Gasteiger partial charge in [-0.3, -0.25) is 14.0 Å². The third-order valence-corrected chi connectivity index (χ3v) is 5.66. The predicted octanol–water partition coefficient (Wildman–Crippen LogP) is 4.19. The monoisotopic (exact) mass is 431 g/mol. The Hall–Kier alpha value is -3.45. The maximum Gasteiger partial charge on any atom is 0.151 e. The number of fused-ring (bicyclic) bond motifs is 1. The van der Waals surface area contributed by atoms with E-state index in [4.69, 9.17) is 4.74 Å². The van der Waals surface area contributed by atoms with E-state index in [0.717, 1.165) is 34.3 Å². The Bertz CT molecular complexity index is 1160. The van der Waals surface area contributed by atoms with Gasteiger partial charge in [0.15, 0.2) is 6.29 Å². The molecule has 1 aliphatic heterocycles. The molecule has 1 fully saturated rings. The molecule has 0 radical (unpaired) electrons. The van der Waals surface area contributed by atoms with Gasteiger partial charge in [-0.1, -0.05) is 18.6 Å². The minimum absolute atomic E-state index is 0.570. The van der Waals surface area contributed by atoms with E-state index in [9.17, 15) is 4.79 Å². The molecule has 0 aliphatic carbocycles. The number of rotatable bonds is 5. The van der Waals surface area contributed by atoms with Crippen LogP contribution in [0.2, 0.25) is 0 Å². The maximum absolute atomic E-state index is 10.9. The van der Waals surface area contributed by atoms with Crippen LogP contribution in [-0.4, -0.2) is 57.8 Å². The summed E-state index contributed by atoms with van der Waals surface area (Å²) in [4.78, 5) is 17.7.